The third kappa shape index (κ3) is 3.82. The van der Waals surface area contributed by atoms with Crippen molar-refractivity contribution < 1.29 is 0 Å². The van der Waals surface area contributed by atoms with Gasteiger partial charge in [-0.05, 0) is 25.7 Å². The predicted octanol–water partition coefficient (Wildman–Crippen LogP) is 4.65. The zero-order valence-corrected chi connectivity index (χ0v) is 14.0. The van der Waals surface area contributed by atoms with E-state index < -0.39 is 0 Å². The van der Waals surface area contributed by atoms with Crippen LogP contribution in [0.2, 0.25) is 0 Å². The Hall–Kier alpha value is -1.06. The molecule has 1 aromatic rings. The van der Waals surface area contributed by atoms with E-state index in [9.17, 15) is 0 Å². The van der Waals surface area contributed by atoms with E-state index in [0.29, 0.717) is 11.8 Å². The van der Waals surface area contributed by atoms with Crippen molar-refractivity contribution in [1.82, 2.24) is 14.9 Å². The van der Waals surface area contributed by atoms with Crippen LogP contribution in [0, 0.1) is 0 Å². The van der Waals surface area contributed by atoms with E-state index in [2.05, 4.69) is 10.2 Å². The van der Waals surface area contributed by atoms with Gasteiger partial charge in [-0.2, -0.15) is 0 Å². The molecule has 0 saturated heterocycles. The predicted molar refractivity (Wildman–Crippen MR) is 90.3 cm³/mol. The first-order chi connectivity index (χ1) is 10.9. The van der Waals surface area contributed by atoms with Gasteiger partial charge in [0.25, 0.3) is 0 Å². The molecule has 124 valence electrons. The van der Waals surface area contributed by atoms with Gasteiger partial charge in [-0.25, -0.2) is 4.68 Å². The highest BCUT2D eigenvalue weighted by Crippen LogP contribution is 2.33. The maximum absolute atomic E-state index is 6.44. The van der Waals surface area contributed by atoms with Crippen LogP contribution < -0.4 is 5.84 Å². The van der Waals surface area contributed by atoms with Crippen molar-refractivity contribution in [2.75, 3.05) is 5.84 Å². The summed E-state index contributed by atoms with van der Waals surface area (Å²) in [5.74, 6) is 9.60. The molecule has 2 saturated carbocycles. The Kier molecular flexibility index (Phi) is 5.74. The summed E-state index contributed by atoms with van der Waals surface area (Å²) in [6.45, 7) is 0. The summed E-state index contributed by atoms with van der Waals surface area (Å²) in [5.41, 5.74) is 0. The van der Waals surface area contributed by atoms with Crippen molar-refractivity contribution in [3.63, 3.8) is 0 Å². The molecule has 2 N–H and O–H groups in total. The Labute approximate surface area is 134 Å². The lowest BCUT2D eigenvalue weighted by Crippen LogP contribution is -2.21. The Morgan fingerprint density at radius 2 is 0.909 bits per heavy atom. The number of rotatable bonds is 2. The highest BCUT2D eigenvalue weighted by atomic mass is 15.4. The molecule has 2 aliphatic rings. The largest absolute Gasteiger partial charge is 0.336 e. The summed E-state index contributed by atoms with van der Waals surface area (Å²) in [6, 6.07) is 0. The molecule has 0 unspecified atom stereocenters. The van der Waals surface area contributed by atoms with E-state index in [0.717, 1.165) is 11.6 Å². The van der Waals surface area contributed by atoms with Crippen LogP contribution in [0.15, 0.2) is 0 Å². The molecule has 0 atom stereocenters. The summed E-state index contributed by atoms with van der Waals surface area (Å²) in [4.78, 5) is 0. The highest BCUT2D eigenvalue weighted by molar-refractivity contribution is 5.07. The van der Waals surface area contributed by atoms with Crippen molar-refractivity contribution in [3.05, 3.63) is 11.6 Å². The molecule has 1 aromatic heterocycles. The van der Waals surface area contributed by atoms with Gasteiger partial charge in [0, 0.05) is 11.8 Å². The summed E-state index contributed by atoms with van der Waals surface area (Å²) in [5, 5.41) is 9.06. The highest BCUT2D eigenvalue weighted by Gasteiger charge is 2.25. The Balaban J connectivity index is 1.72. The maximum atomic E-state index is 6.44. The van der Waals surface area contributed by atoms with Gasteiger partial charge in [0.1, 0.15) is 0 Å². The summed E-state index contributed by atoms with van der Waals surface area (Å²) in [7, 11) is 0. The number of nitrogens with two attached hydrogens (primary N) is 1. The second-order valence-electron chi connectivity index (χ2n) is 7.37. The standard InChI is InChI=1S/C18H32N4/c19-22-17(15-11-7-3-1-4-8-12-15)20-21-18(22)16-13-9-5-2-6-10-14-16/h15-16H,1-14,19H2. The first kappa shape index (κ1) is 15.8. The van der Waals surface area contributed by atoms with Gasteiger partial charge in [0.15, 0.2) is 11.6 Å². The van der Waals surface area contributed by atoms with Gasteiger partial charge in [0.05, 0.1) is 0 Å². The fourth-order valence-corrected chi connectivity index (χ4v) is 4.30. The molecule has 0 bridgehead atoms. The van der Waals surface area contributed by atoms with Crippen LogP contribution in [-0.4, -0.2) is 14.9 Å². The zero-order valence-electron chi connectivity index (χ0n) is 14.0. The lowest BCUT2D eigenvalue weighted by molar-refractivity contribution is 0.425. The molecule has 0 aliphatic heterocycles. The fourth-order valence-electron chi connectivity index (χ4n) is 4.30. The minimum Gasteiger partial charge on any atom is -0.336 e. The van der Waals surface area contributed by atoms with Gasteiger partial charge >= 0.3 is 0 Å². The minimum atomic E-state index is 0.528. The van der Waals surface area contributed by atoms with E-state index in [-0.39, 0.29) is 0 Å². The van der Waals surface area contributed by atoms with E-state index >= 15 is 0 Å². The number of aromatic nitrogens is 3. The summed E-state index contributed by atoms with van der Waals surface area (Å²) in [6.07, 6.45) is 18.5. The molecule has 4 nitrogen and oxygen atoms in total. The van der Waals surface area contributed by atoms with Gasteiger partial charge < -0.3 is 5.84 Å². The monoisotopic (exact) mass is 304 g/mol. The van der Waals surface area contributed by atoms with Crippen molar-refractivity contribution in [3.8, 4) is 0 Å². The van der Waals surface area contributed by atoms with Gasteiger partial charge in [0.2, 0.25) is 0 Å². The Bertz CT molecular complexity index is 398. The number of nitrogens with zero attached hydrogens (tertiary/aromatic N) is 3. The zero-order chi connectivity index (χ0) is 15.2. The van der Waals surface area contributed by atoms with E-state index in [4.69, 9.17) is 5.84 Å². The van der Waals surface area contributed by atoms with Crippen LogP contribution in [0.1, 0.15) is 113 Å². The molecular formula is C18H32N4. The van der Waals surface area contributed by atoms with E-state index in [1.807, 2.05) is 4.68 Å². The van der Waals surface area contributed by atoms with Crippen LogP contribution in [-0.2, 0) is 0 Å². The lowest BCUT2D eigenvalue weighted by atomic mass is 9.89. The van der Waals surface area contributed by atoms with E-state index in [1.165, 1.54) is 89.9 Å². The average molecular weight is 304 g/mol. The molecule has 2 aliphatic carbocycles. The molecular weight excluding hydrogens is 272 g/mol. The lowest BCUT2D eigenvalue weighted by Gasteiger charge is -2.21. The van der Waals surface area contributed by atoms with Gasteiger partial charge in [-0.15, -0.1) is 10.2 Å². The topological polar surface area (TPSA) is 56.7 Å². The van der Waals surface area contributed by atoms with Gasteiger partial charge in [-0.1, -0.05) is 64.2 Å². The normalized spacial score (nSPS) is 23.5. The summed E-state index contributed by atoms with van der Waals surface area (Å²) < 4.78 is 1.87. The Morgan fingerprint density at radius 1 is 0.591 bits per heavy atom. The summed E-state index contributed by atoms with van der Waals surface area (Å²) >= 11 is 0. The van der Waals surface area contributed by atoms with Crippen molar-refractivity contribution in [2.24, 2.45) is 0 Å². The molecule has 2 fully saturated rings. The van der Waals surface area contributed by atoms with Crippen molar-refractivity contribution in [1.29, 1.82) is 0 Å². The number of hydrogen-bond donors (Lipinski definition) is 1. The second-order valence-corrected chi connectivity index (χ2v) is 7.37. The van der Waals surface area contributed by atoms with Crippen LogP contribution in [0.25, 0.3) is 0 Å². The Morgan fingerprint density at radius 3 is 1.27 bits per heavy atom. The van der Waals surface area contributed by atoms with Gasteiger partial charge in [-0.3, -0.25) is 0 Å². The molecule has 0 radical (unpaired) electrons. The maximum Gasteiger partial charge on any atom is 0.154 e. The average Bonchev–Trinajstić information content (AvgIpc) is 2.80. The first-order valence-corrected chi connectivity index (χ1v) is 9.56. The molecule has 22 heavy (non-hydrogen) atoms. The molecule has 3 rings (SSSR count). The third-order valence-corrected chi connectivity index (χ3v) is 5.69. The van der Waals surface area contributed by atoms with Crippen molar-refractivity contribution >= 4 is 0 Å². The third-order valence-electron chi connectivity index (χ3n) is 5.69. The second kappa shape index (κ2) is 7.98. The van der Waals surface area contributed by atoms with Crippen LogP contribution in [0.4, 0.5) is 0 Å². The fraction of sp³-hybridized carbons (Fsp3) is 0.889. The van der Waals surface area contributed by atoms with Crippen LogP contribution in [0.3, 0.4) is 0 Å². The smallest absolute Gasteiger partial charge is 0.154 e. The van der Waals surface area contributed by atoms with Crippen LogP contribution >= 0.6 is 0 Å². The van der Waals surface area contributed by atoms with E-state index in [1.54, 1.807) is 0 Å². The number of nitrogen functional groups attached to an aromatic ring is 1. The van der Waals surface area contributed by atoms with Crippen molar-refractivity contribution in [2.45, 2.75) is 102 Å². The molecule has 0 spiro atoms. The quantitative estimate of drug-likeness (QED) is 0.809. The molecule has 0 aromatic carbocycles. The SMILES string of the molecule is Nn1c(C2CCCCCCC2)nnc1C1CCCCCCC1. The molecule has 4 heteroatoms. The molecule has 0 amide bonds. The number of hydrogen-bond acceptors (Lipinski definition) is 3. The van der Waals surface area contributed by atoms with Crippen LogP contribution in [0.5, 0.6) is 0 Å². The minimum absolute atomic E-state index is 0.528. The molecule has 1 heterocycles. The first-order valence-electron chi connectivity index (χ1n) is 9.56.